The van der Waals surface area contributed by atoms with Crippen molar-refractivity contribution in [1.82, 2.24) is 4.90 Å². The van der Waals surface area contributed by atoms with Crippen LogP contribution < -0.4 is 0 Å². The largest absolute Gasteiger partial charge is 0.503 e. The van der Waals surface area contributed by atoms with Crippen LogP contribution in [-0.4, -0.2) is 27.7 Å². The van der Waals surface area contributed by atoms with E-state index in [9.17, 15) is 22.8 Å². The quantitative estimate of drug-likeness (QED) is 0.854. The third kappa shape index (κ3) is 2.26. The van der Waals surface area contributed by atoms with Gasteiger partial charge < -0.3 is 5.11 Å². The second-order valence-electron chi connectivity index (χ2n) is 3.84. The number of halogens is 3. The molecule has 0 bridgehead atoms. The van der Waals surface area contributed by atoms with Gasteiger partial charge in [0.05, 0.1) is 10.5 Å². The molecule has 1 fully saturated rings. The predicted molar refractivity (Wildman–Crippen MR) is 66.3 cm³/mol. The van der Waals surface area contributed by atoms with E-state index in [4.69, 9.17) is 5.11 Å². The van der Waals surface area contributed by atoms with Crippen LogP contribution in [0.3, 0.4) is 0 Å². The number of rotatable bonds is 2. The molecule has 20 heavy (non-hydrogen) atoms. The molecule has 0 radical (unpaired) electrons. The molecule has 1 heterocycles. The molecule has 1 aromatic carbocycles. The fourth-order valence-corrected chi connectivity index (χ4v) is 2.52. The van der Waals surface area contributed by atoms with Crippen molar-refractivity contribution in [2.75, 3.05) is 6.54 Å². The maximum atomic E-state index is 13.6. The molecule has 2 rings (SSSR count). The fraction of sp³-hybridized carbons (Fsp3) is 0.167. The number of benzene rings is 1. The van der Waals surface area contributed by atoms with Gasteiger partial charge in [-0.2, -0.15) is 0 Å². The first kappa shape index (κ1) is 14.4. The van der Waals surface area contributed by atoms with Gasteiger partial charge in [0.1, 0.15) is 5.82 Å². The van der Waals surface area contributed by atoms with Gasteiger partial charge in [-0.3, -0.25) is 14.5 Å². The van der Waals surface area contributed by atoms with Crippen molar-refractivity contribution in [2.24, 2.45) is 0 Å². The van der Waals surface area contributed by atoms with Crippen molar-refractivity contribution < 1.29 is 27.9 Å². The molecular weight excluding hydrogens is 295 g/mol. The van der Waals surface area contributed by atoms with Crippen molar-refractivity contribution in [3.05, 3.63) is 34.0 Å². The van der Waals surface area contributed by atoms with Gasteiger partial charge >= 0.3 is 0 Å². The molecule has 0 spiro atoms. The van der Waals surface area contributed by atoms with Crippen LogP contribution >= 0.6 is 11.8 Å². The first-order valence-electron chi connectivity index (χ1n) is 5.48. The number of carbonyl (C=O) groups is 2. The molecule has 8 heteroatoms. The van der Waals surface area contributed by atoms with Crippen molar-refractivity contribution in [3.63, 3.8) is 0 Å². The Morgan fingerprint density at radius 3 is 2.50 bits per heavy atom. The van der Waals surface area contributed by atoms with E-state index < -0.39 is 39.9 Å². The van der Waals surface area contributed by atoms with Crippen LogP contribution in [0, 0.1) is 17.5 Å². The first-order valence-corrected chi connectivity index (χ1v) is 6.30. The Kier molecular flexibility index (Phi) is 3.76. The maximum Gasteiger partial charge on any atom is 0.293 e. The lowest BCUT2D eigenvalue weighted by Gasteiger charge is -2.07. The van der Waals surface area contributed by atoms with E-state index in [2.05, 4.69) is 0 Å². The molecule has 0 saturated carbocycles. The molecule has 1 aromatic rings. The standard InChI is InChI=1S/C12H8F3NO3S/c1-2-16-11(18)8(20-12(16)19)3-5-6(13)4-7(14)10(17)9(5)15/h3-4,17H,2H2,1H3/b8-3-. The van der Waals surface area contributed by atoms with E-state index in [-0.39, 0.29) is 11.4 Å². The topological polar surface area (TPSA) is 57.6 Å². The van der Waals surface area contributed by atoms with Crippen molar-refractivity contribution in [2.45, 2.75) is 6.92 Å². The molecular formula is C12H8F3NO3S. The first-order chi connectivity index (χ1) is 9.36. The zero-order valence-corrected chi connectivity index (χ0v) is 10.9. The van der Waals surface area contributed by atoms with Gasteiger partial charge in [0.2, 0.25) is 0 Å². The van der Waals surface area contributed by atoms with E-state index in [1.165, 1.54) is 0 Å². The van der Waals surface area contributed by atoms with Gasteiger partial charge in [0.25, 0.3) is 11.1 Å². The highest BCUT2D eigenvalue weighted by Crippen LogP contribution is 2.34. The summed E-state index contributed by atoms with van der Waals surface area (Å²) in [7, 11) is 0. The summed E-state index contributed by atoms with van der Waals surface area (Å²) in [6, 6.07) is 0.300. The SMILES string of the molecule is CCN1C(=O)S/C(=C\c2c(F)cc(F)c(O)c2F)C1=O. The molecule has 1 aliphatic heterocycles. The molecule has 1 N–H and O–H groups in total. The Balaban J connectivity index is 2.50. The average molecular weight is 303 g/mol. The number of amides is 2. The number of phenolic OH excluding ortho intramolecular Hbond substituents is 1. The summed E-state index contributed by atoms with van der Waals surface area (Å²) in [4.78, 5) is 23.9. The number of imide groups is 1. The summed E-state index contributed by atoms with van der Waals surface area (Å²) in [5, 5.41) is 8.53. The summed E-state index contributed by atoms with van der Waals surface area (Å²) >= 11 is 0.518. The van der Waals surface area contributed by atoms with Gasteiger partial charge in [-0.15, -0.1) is 0 Å². The molecule has 1 aliphatic rings. The summed E-state index contributed by atoms with van der Waals surface area (Å²) in [6.45, 7) is 1.70. The van der Waals surface area contributed by atoms with Gasteiger partial charge in [-0.1, -0.05) is 0 Å². The number of hydrogen-bond donors (Lipinski definition) is 1. The van der Waals surface area contributed by atoms with Gasteiger partial charge in [0.15, 0.2) is 17.4 Å². The van der Waals surface area contributed by atoms with Crippen LogP contribution in [0.2, 0.25) is 0 Å². The minimum Gasteiger partial charge on any atom is -0.503 e. The normalized spacial score (nSPS) is 17.4. The highest BCUT2D eigenvalue weighted by atomic mass is 32.2. The summed E-state index contributed by atoms with van der Waals surface area (Å²) in [5.41, 5.74) is -0.773. The second kappa shape index (κ2) is 5.20. The average Bonchev–Trinajstić information content (AvgIpc) is 2.66. The number of likely N-dealkylation sites (N-methyl/N-ethyl adjacent to an activating group) is 1. The smallest absolute Gasteiger partial charge is 0.293 e. The summed E-state index contributed by atoms with van der Waals surface area (Å²) in [5.74, 6) is -6.27. The number of phenols is 1. The third-order valence-electron chi connectivity index (χ3n) is 2.65. The van der Waals surface area contributed by atoms with Crippen LogP contribution in [0.4, 0.5) is 18.0 Å². The van der Waals surface area contributed by atoms with Crippen LogP contribution in [0.1, 0.15) is 12.5 Å². The molecule has 2 amide bonds. The van der Waals surface area contributed by atoms with Crippen molar-refractivity contribution >= 4 is 29.0 Å². The zero-order chi connectivity index (χ0) is 15.0. The molecule has 0 aliphatic carbocycles. The highest BCUT2D eigenvalue weighted by Gasteiger charge is 2.34. The lowest BCUT2D eigenvalue weighted by molar-refractivity contribution is -0.122. The number of aromatic hydroxyl groups is 1. The summed E-state index contributed by atoms with van der Waals surface area (Å²) < 4.78 is 40.0. The molecule has 0 atom stereocenters. The number of hydrogen-bond acceptors (Lipinski definition) is 4. The van der Waals surface area contributed by atoms with E-state index in [0.29, 0.717) is 17.8 Å². The lowest BCUT2D eigenvalue weighted by Crippen LogP contribution is -2.27. The Hall–Kier alpha value is -1.96. The van der Waals surface area contributed by atoms with Crippen LogP contribution in [0.15, 0.2) is 11.0 Å². The Labute approximate surface area is 115 Å². The van der Waals surface area contributed by atoms with Crippen LogP contribution in [0.5, 0.6) is 5.75 Å². The Bertz CT molecular complexity index is 645. The monoisotopic (exact) mass is 303 g/mol. The fourth-order valence-electron chi connectivity index (χ4n) is 1.63. The lowest BCUT2D eigenvalue weighted by atomic mass is 10.1. The van der Waals surface area contributed by atoms with Crippen LogP contribution in [-0.2, 0) is 4.79 Å². The molecule has 4 nitrogen and oxygen atoms in total. The van der Waals surface area contributed by atoms with Crippen molar-refractivity contribution in [3.8, 4) is 5.75 Å². The van der Waals surface area contributed by atoms with Gasteiger partial charge in [-0.25, -0.2) is 13.2 Å². The molecule has 0 unspecified atom stereocenters. The van der Waals surface area contributed by atoms with Gasteiger partial charge in [0, 0.05) is 12.6 Å². The molecule has 106 valence electrons. The van der Waals surface area contributed by atoms with E-state index in [1.807, 2.05) is 0 Å². The van der Waals surface area contributed by atoms with Gasteiger partial charge in [-0.05, 0) is 24.8 Å². The van der Waals surface area contributed by atoms with E-state index >= 15 is 0 Å². The Morgan fingerprint density at radius 1 is 1.30 bits per heavy atom. The predicted octanol–water partition coefficient (Wildman–Crippen LogP) is 2.87. The van der Waals surface area contributed by atoms with E-state index in [0.717, 1.165) is 11.0 Å². The Morgan fingerprint density at radius 2 is 1.95 bits per heavy atom. The zero-order valence-electron chi connectivity index (χ0n) is 10.1. The maximum absolute atomic E-state index is 13.6. The number of thioether (sulfide) groups is 1. The number of carbonyl (C=O) groups excluding carboxylic acids is 2. The minimum absolute atomic E-state index is 0.127. The van der Waals surface area contributed by atoms with Crippen molar-refractivity contribution in [1.29, 1.82) is 0 Å². The second-order valence-corrected chi connectivity index (χ2v) is 4.84. The number of nitrogens with zero attached hydrogens (tertiary/aromatic N) is 1. The summed E-state index contributed by atoms with van der Waals surface area (Å²) in [6.07, 6.45) is 0.782. The molecule has 0 aromatic heterocycles. The van der Waals surface area contributed by atoms with E-state index in [1.54, 1.807) is 6.92 Å². The molecule has 1 saturated heterocycles. The third-order valence-corrected chi connectivity index (χ3v) is 3.55. The minimum atomic E-state index is -1.52. The van der Waals surface area contributed by atoms with Crippen LogP contribution in [0.25, 0.3) is 6.08 Å². The highest BCUT2D eigenvalue weighted by molar-refractivity contribution is 8.18.